The second kappa shape index (κ2) is 3.51. The minimum absolute atomic E-state index is 0.212. The fourth-order valence-corrected chi connectivity index (χ4v) is 2.89. The summed E-state index contributed by atoms with van der Waals surface area (Å²) in [6.45, 7) is 0. The molecule has 3 heteroatoms. The first-order valence-electron chi connectivity index (χ1n) is 5.80. The van der Waals surface area contributed by atoms with Crippen LogP contribution in [-0.2, 0) is 0 Å². The highest BCUT2D eigenvalue weighted by molar-refractivity contribution is 5.91. The van der Waals surface area contributed by atoms with Crippen LogP contribution in [0.2, 0.25) is 0 Å². The number of fused-ring (bicyclic) bond motifs is 3. The van der Waals surface area contributed by atoms with Gasteiger partial charge in [0.15, 0.2) is 0 Å². The highest BCUT2D eigenvalue weighted by Gasteiger charge is 2.37. The van der Waals surface area contributed by atoms with Gasteiger partial charge >= 0.3 is 5.97 Å². The molecule has 0 radical (unpaired) electrons. The minimum atomic E-state index is -0.893. The molecular weight excluding hydrogens is 204 g/mol. The molecule has 1 heterocycles. The second-order valence-corrected chi connectivity index (χ2v) is 4.58. The molecule has 0 aromatic heterocycles. The molecule has 0 saturated heterocycles. The first-order valence-corrected chi connectivity index (χ1v) is 5.80. The molecule has 0 unspecified atom stereocenters. The van der Waals surface area contributed by atoms with Crippen molar-refractivity contribution in [2.24, 2.45) is 0 Å². The maximum Gasteiger partial charge on any atom is 0.339 e. The van der Waals surface area contributed by atoms with E-state index in [2.05, 4.69) is 0 Å². The Morgan fingerprint density at radius 3 is 2.94 bits per heavy atom. The van der Waals surface area contributed by atoms with Gasteiger partial charge in [-0.25, -0.2) is 4.79 Å². The Labute approximate surface area is 94.0 Å². The standard InChI is InChI=1S/C13H14O3/c14-13(15)10-6-3-5-9-8-4-1-2-7-11(8)16-12(9)10/h3,5-6,8,11H,1-2,4,7H2,(H,14,15)/t8-,11+/m1/s1. The molecule has 1 fully saturated rings. The number of hydrogen-bond acceptors (Lipinski definition) is 2. The van der Waals surface area contributed by atoms with Crippen molar-refractivity contribution in [1.29, 1.82) is 0 Å². The summed E-state index contributed by atoms with van der Waals surface area (Å²) in [5.41, 5.74) is 1.41. The van der Waals surface area contributed by atoms with Gasteiger partial charge in [0.2, 0.25) is 0 Å². The predicted octanol–water partition coefficient (Wildman–Crippen LogP) is 2.80. The molecule has 2 aliphatic rings. The van der Waals surface area contributed by atoms with Gasteiger partial charge in [0.05, 0.1) is 0 Å². The van der Waals surface area contributed by atoms with Crippen LogP contribution in [-0.4, -0.2) is 17.2 Å². The summed E-state index contributed by atoms with van der Waals surface area (Å²) in [5.74, 6) is 0.144. The Balaban J connectivity index is 2.07. The minimum Gasteiger partial charge on any atom is -0.489 e. The number of ether oxygens (including phenoxy) is 1. The second-order valence-electron chi connectivity index (χ2n) is 4.58. The van der Waals surface area contributed by atoms with Crippen LogP contribution in [0.25, 0.3) is 0 Å². The van der Waals surface area contributed by atoms with Gasteiger partial charge in [0.1, 0.15) is 17.4 Å². The monoisotopic (exact) mass is 218 g/mol. The van der Waals surface area contributed by atoms with E-state index in [1.807, 2.05) is 12.1 Å². The van der Waals surface area contributed by atoms with E-state index < -0.39 is 5.97 Å². The molecule has 16 heavy (non-hydrogen) atoms. The molecule has 84 valence electrons. The van der Waals surface area contributed by atoms with Crippen LogP contribution in [0, 0.1) is 0 Å². The van der Waals surface area contributed by atoms with Crippen molar-refractivity contribution in [2.75, 3.05) is 0 Å². The SMILES string of the molecule is O=C(O)c1cccc2c1O[C@H]1CCCC[C@H]21. The van der Waals surface area contributed by atoms with E-state index in [4.69, 9.17) is 9.84 Å². The number of benzene rings is 1. The molecule has 0 bridgehead atoms. The highest BCUT2D eigenvalue weighted by Crippen LogP contribution is 2.46. The maximum absolute atomic E-state index is 11.1. The number of rotatable bonds is 1. The number of hydrogen-bond donors (Lipinski definition) is 1. The van der Waals surface area contributed by atoms with Crippen LogP contribution in [0.15, 0.2) is 18.2 Å². The van der Waals surface area contributed by atoms with Crippen molar-refractivity contribution in [3.05, 3.63) is 29.3 Å². The van der Waals surface area contributed by atoms with Gasteiger partial charge in [-0.15, -0.1) is 0 Å². The lowest BCUT2D eigenvalue weighted by Gasteiger charge is -2.23. The summed E-state index contributed by atoms with van der Waals surface area (Å²) < 4.78 is 5.82. The van der Waals surface area contributed by atoms with Crippen LogP contribution in [0.4, 0.5) is 0 Å². The average molecular weight is 218 g/mol. The first kappa shape index (κ1) is 9.70. The first-order chi connectivity index (χ1) is 7.77. The van der Waals surface area contributed by atoms with E-state index in [0.717, 1.165) is 18.4 Å². The largest absolute Gasteiger partial charge is 0.489 e. The zero-order valence-electron chi connectivity index (χ0n) is 8.98. The number of para-hydroxylation sites is 1. The van der Waals surface area contributed by atoms with Gasteiger partial charge in [-0.05, 0) is 25.3 Å². The molecule has 0 spiro atoms. The van der Waals surface area contributed by atoms with Gasteiger partial charge < -0.3 is 9.84 Å². The van der Waals surface area contributed by atoms with Crippen LogP contribution in [0.1, 0.15) is 47.5 Å². The van der Waals surface area contributed by atoms with E-state index in [9.17, 15) is 4.79 Å². The Morgan fingerprint density at radius 2 is 2.12 bits per heavy atom. The third-order valence-corrected chi connectivity index (χ3v) is 3.65. The summed E-state index contributed by atoms with van der Waals surface area (Å²) in [6, 6.07) is 5.46. The molecule has 1 saturated carbocycles. The third-order valence-electron chi connectivity index (χ3n) is 3.65. The maximum atomic E-state index is 11.1. The molecule has 2 atom stereocenters. The van der Waals surface area contributed by atoms with Gasteiger partial charge in [0, 0.05) is 11.5 Å². The summed E-state index contributed by atoms with van der Waals surface area (Å²) in [5, 5.41) is 9.10. The van der Waals surface area contributed by atoms with Crippen LogP contribution >= 0.6 is 0 Å². The lowest BCUT2D eigenvalue weighted by molar-refractivity contribution is 0.0689. The Morgan fingerprint density at radius 1 is 1.31 bits per heavy atom. The van der Waals surface area contributed by atoms with Gasteiger partial charge in [-0.3, -0.25) is 0 Å². The molecule has 1 N–H and O–H groups in total. The summed E-state index contributed by atoms with van der Waals surface area (Å²) >= 11 is 0. The molecular formula is C13H14O3. The number of carboxylic acid groups (broad SMARTS) is 1. The molecule has 1 aromatic carbocycles. The zero-order valence-corrected chi connectivity index (χ0v) is 8.98. The molecule has 0 amide bonds. The number of aromatic carboxylic acids is 1. The Hall–Kier alpha value is -1.51. The lowest BCUT2D eigenvalue weighted by atomic mass is 9.83. The van der Waals surface area contributed by atoms with Crippen molar-refractivity contribution >= 4 is 5.97 Å². The number of carboxylic acids is 1. The fraction of sp³-hybridized carbons (Fsp3) is 0.462. The fourth-order valence-electron chi connectivity index (χ4n) is 2.89. The van der Waals surface area contributed by atoms with E-state index >= 15 is 0 Å². The van der Waals surface area contributed by atoms with Crippen LogP contribution in [0.3, 0.4) is 0 Å². The topological polar surface area (TPSA) is 46.5 Å². The van der Waals surface area contributed by atoms with Crippen molar-refractivity contribution in [3.8, 4) is 5.75 Å². The van der Waals surface area contributed by atoms with Crippen molar-refractivity contribution in [3.63, 3.8) is 0 Å². The van der Waals surface area contributed by atoms with E-state index in [1.165, 1.54) is 12.8 Å². The van der Waals surface area contributed by atoms with E-state index in [-0.39, 0.29) is 6.10 Å². The average Bonchev–Trinajstić information content (AvgIpc) is 2.67. The molecule has 1 aromatic rings. The van der Waals surface area contributed by atoms with Crippen molar-refractivity contribution in [1.82, 2.24) is 0 Å². The predicted molar refractivity (Wildman–Crippen MR) is 59.0 cm³/mol. The van der Waals surface area contributed by atoms with Crippen LogP contribution < -0.4 is 4.74 Å². The summed E-state index contributed by atoms with van der Waals surface area (Å²) in [7, 11) is 0. The lowest BCUT2D eigenvalue weighted by Crippen LogP contribution is -2.22. The van der Waals surface area contributed by atoms with Gasteiger partial charge in [0.25, 0.3) is 0 Å². The van der Waals surface area contributed by atoms with E-state index in [1.54, 1.807) is 6.07 Å². The summed E-state index contributed by atoms with van der Waals surface area (Å²) in [6.07, 6.45) is 4.81. The Kier molecular flexibility index (Phi) is 2.13. The van der Waals surface area contributed by atoms with Crippen LogP contribution in [0.5, 0.6) is 5.75 Å². The molecule has 1 aliphatic heterocycles. The molecule has 3 nitrogen and oxygen atoms in total. The van der Waals surface area contributed by atoms with Crippen molar-refractivity contribution in [2.45, 2.75) is 37.7 Å². The Bertz CT molecular complexity index is 439. The molecule has 1 aliphatic carbocycles. The highest BCUT2D eigenvalue weighted by atomic mass is 16.5. The summed E-state index contributed by atoms with van der Waals surface area (Å²) in [4.78, 5) is 11.1. The zero-order chi connectivity index (χ0) is 11.1. The molecule has 3 rings (SSSR count). The smallest absolute Gasteiger partial charge is 0.339 e. The van der Waals surface area contributed by atoms with Crippen molar-refractivity contribution < 1.29 is 14.6 Å². The normalized spacial score (nSPS) is 26.8. The van der Waals surface area contributed by atoms with Gasteiger partial charge in [-0.2, -0.15) is 0 Å². The third kappa shape index (κ3) is 1.31. The van der Waals surface area contributed by atoms with E-state index in [0.29, 0.717) is 17.2 Å². The van der Waals surface area contributed by atoms with Gasteiger partial charge in [-0.1, -0.05) is 18.6 Å². The quantitative estimate of drug-likeness (QED) is 0.788. The number of carbonyl (C=O) groups is 1.